The van der Waals surface area contributed by atoms with Crippen LogP contribution in [0.3, 0.4) is 0 Å². The third kappa shape index (κ3) is 6.70. The number of methoxy groups -OCH3 is 1. The van der Waals surface area contributed by atoms with Crippen molar-refractivity contribution in [2.45, 2.75) is 44.6 Å². The van der Waals surface area contributed by atoms with E-state index >= 15 is 0 Å². The van der Waals surface area contributed by atoms with Crippen LogP contribution in [0.15, 0.2) is 36.4 Å². The number of hydrogen-bond acceptors (Lipinski definition) is 5. The van der Waals surface area contributed by atoms with Crippen molar-refractivity contribution in [3.8, 4) is 5.75 Å². The summed E-state index contributed by atoms with van der Waals surface area (Å²) in [6.45, 7) is 0.485. The van der Waals surface area contributed by atoms with E-state index in [0.29, 0.717) is 13.0 Å². The highest BCUT2D eigenvalue weighted by Crippen LogP contribution is 2.14. The first-order valence-electron chi connectivity index (χ1n) is 8.84. The Labute approximate surface area is 153 Å². The Morgan fingerprint density at radius 1 is 1.15 bits per heavy atom. The summed E-state index contributed by atoms with van der Waals surface area (Å²) in [7, 11) is 1.27. The van der Waals surface area contributed by atoms with E-state index in [-0.39, 0.29) is 18.6 Å². The summed E-state index contributed by atoms with van der Waals surface area (Å²) in [6.07, 6.45) is 6.91. The molecule has 0 radical (unpaired) electrons. The lowest BCUT2D eigenvalue weighted by Crippen LogP contribution is -2.43. The molecule has 6 nitrogen and oxygen atoms in total. The standard InChI is InChI=1S/C20H25NO5/c1-25-20(24)18-13-15-8-10-17(11-9-15)26-12-6-4-2-3-5-7-16(22)14-19(23)21-18/h4,6,8-11,18H,2-3,5,7,12-14H2,1H3,(H,21,23)/b6-4-/t18-/m0/s1. The average molecular weight is 359 g/mol. The number of amides is 1. The van der Waals surface area contributed by atoms with Gasteiger partial charge >= 0.3 is 5.97 Å². The van der Waals surface area contributed by atoms with Crippen LogP contribution in [0.5, 0.6) is 5.75 Å². The van der Waals surface area contributed by atoms with Crippen molar-refractivity contribution in [1.29, 1.82) is 0 Å². The molecule has 26 heavy (non-hydrogen) atoms. The maximum Gasteiger partial charge on any atom is 0.328 e. The molecular formula is C20H25NO5. The van der Waals surface area contributed by atoms with Crippen LogP contribution in [-0.2, 0) is 25.5 Å². The third-order valence-electron chi connectivity index (χ3n) is 4.13. The summed E-state index contributed by atoms with van der Waals surface area (Å²) < 4.78 is 10.4. The van der Waals surface area contributed by atoms with Crippen molar-refractivity contribution in [1.82, 2.24) is 5.32 Å². The fraction of sp³-hybridized carbons (Fsp3) is 0.450. The first kappa shape index (κ1) is 19.7. The number of ether oxygens (including phenoxy) is 2. The lowest BCUT2D eigenvalue weighted by atomic mass is 10.0. The molecule has 3 rings (SSSR count). The minimum Gasteiger partial charge on any atom is -0.490 e. The molecule has 1 atom stereocenters. The van der Waals surface area contributed by atoms with Gasteiger partial charge in [-0.1, -0.05) is 24.3 Å². The molecule has 140 valence electrons. The van der Waals surface area contributed by atoms with Gasteiger partial charge in [-0.3, -0.25) is 9.59 Å². The van der Waals surface area contributed by atoms with Crippen molar-refractivity contribution in [2.24, 2.45) is 0 Å². The summed E-state index contributed by atoms with van der Waals surface area (Å²) in [6, 6.07) is 6.51. The van der Waals surface area contributed by atoms with Crippen molar-refractivity contribution in [3.63, 3.8) is 0 Å². The molecule has 0 saturated heterocycles. The van der Waals surface area contributed by atoms with Gasteiger partial charge in [-0.05, 0) is 37.0 Å². The molecule has 0 aromatic heterocycles. The number of carbonyl (C=O) groups is 3. The Morgan fingerprint density at radius 3 is 2.65 bits per heavy atom. The minimum atomic E-state index is -0.825. The fourth-order valence-corrected chi connectivity index (χ4v) is 2.72. The van der Waals surface area contributed by atoms with E-state index in [4.69, 9.17) is 9.47 Å². The van der Waals surface area contributed by atoms with E-state index in [9.17, 15) is 14.4 Å². The van der Waals surface area contributed by atoms with Crippen LogP contribution in [0.4, 0.5) is 0 Å². The van der Waals surface area contributed by atoms with Crippen LogP contribution in [0.2, 0.25) is 0 Å². The van der Waals surface area contributed by atoms with Crippen LogP contribution >= 0.6 is 0 Å². The van der Waals surface area contributed by atoms with Crippen LogP contribution in [0.1, 0.15) is 37.7 Å². The minimum absolute atomic E-state index is 0.121. The predicted octanol–water partition coefficient (Wildman–Crippen LogP) is 2.36. The number of rotatable bonds is 1. The molecule has 2 bridgehead atoms. The van der Waals surface area contributed by atoms with E-state index < -0.39 is 17.9 Å². The monoisotopic (exact) mass is 359 g/mol. The lowest BCUT2D eigenvalue weighted by molar-refractivity contribution is -0.145. The van der Waals surface area contributed by atoms with Gasteiger partial charge in [0.15, 0.2) is 0 Å². The zero-order valence-corrected chi connectivity index (χ0v) is 15.0. The molecule has 1 aromatic carbocycles. The second-order valence-electron chi connectivity index (χ2n) is 6.23. The molecule has 0 spiro atoms. The maximum atomic E-state index is 12.1. The number of Topliss-reactive ketones (excluding diaryl/α,β-unsaturated/α-hetero) is 1. The first-order chi connectivity index (χ1) is 12.6. The second-order valence-corrected chi connectivity index (χ2v) is 6.23. The van der Waals surface area contributed by atoms with Crippen molar-refractivity contribution in [3.05, 3.63) is 42.0 Å². The Hall–Kier alpha value is -2.63. The molecule has 1 N–H and O–H groups in total. The molecule has 6 heteroatoms. The van der Waals surface area contributed by atoms with E-state index in [0.717, 1.165) is 30.6 Å². The summed E-state index contributed by atoms with van der Waals surface area (Å²) >= 11 is 0. The maximum absolute atomic E-state index is 12.1. The molecule has 0 aliphatic carbocycles. The van der Waals surface area contributed by atoms with Gasteiger partial charge in [-0.2, -0.15) is 0 Å². The highest BCUT2D eigenvalue weighted by molar-refractivity contribution is 5.99. The Morgan fingerprint density at radius 2 is 1.92 bits per heavy atom. The molecule has 2 heterocycles. The van der Waals surface area contributed by atoms with Gasteiger partial charge in [0.25, 0.3) is 0 Å². The smallest absolute Gasteiger partial charge is 0.328 e. The summed E-state index contributed by atoms with van der Waals surface area (Å²) in [5, 5.41) is 2.61. The van der Waals surface area contributed by atoms with Crippen LogP contribution in [0.25, 0.3) is 0 Å². The Kier molecular flexibility index (Phi) is 7.86. The Bertz CT molecular complexity index is 651. The molecule has 1 amide bonds. The Balaban J connectivity index is 2.13. The molecule has 0 unspecified atom stereocenters. The first-order valence-corrected chi connectivity index (χ1v) is 8.84. The van der Waals surface area contributed by atoms with E-state index in [2.05, 4.69) is 5.32 Å². The number of benzene rings is 1. The van der Waals surface area contributed by atoms with Crippen molar-refractivity contribution >= 4 is 17.7 Å². The van der Waals surface area contributed by atoms with Crippen LogP contribution < -0.4 is 10.1 Å². The van der Waals surface area contributed by atoms with E-state index in [1.807, 2.05) is 36.4 Å². The van der Waals surface area contributed by atoms with Gasteiger partial charge < -0.3 is 14.8 Å². The number of carbonyl (C=O) groups excluding carboxylic acids is 3. The van der Waals surface area contributed by atoms with Gasteiger partial charge in [-0.15, -0.1) is 0 Å². The highest BCUT2D eigenvalue weighted by Gasteiger charge is 2.23. The summed E-state index contributed by atoms with van der Waals surface area (Å²) in [5.74, 6) is -0.371. The van der Waals surface area contributed by atoms with Gasteiger partial charge in [-0.25, -0.2) is 4.79 Å². The zero-order chi connectivity index (χ0) is 18.8. The normalized spacial score (nSPS) is 21.0. The molecule has 1 aromatic rings. The predicted molar refractivity (Wildman–Crippen MR) is 96.8 cm³/mol. The number of esters is 1. The van der Waals surface area contributed by atoms with Gasteiger partial charge in [0, 0.05) is 12.8 Å². The van der Waals surface area contributed by atoms with Gasteiger partial charge in [0.1, 0.15) is 24.2 Å². The number of allylic oxidation sites excluding steroid dienone is 1. The number of ketones is 1. The lowest BCUT2D eigenvalue weighted by Gasteiger charge is -2.17. The highest BCUT2D eigenvalue weighted by atomic mass is 16.5. The molecule has 2 aliphatic heterocycles. The third-order valence-corrected chi connectivity index (χ3v) is 4.13. The van der Waals surface area contributed by atoms with E-state index in [1.165, 1.54) is 7.11 Å². The topological polar surface area (TPSA) is 81.7 Å². The van der Waals surface area contributed by atoms with Crippen LogP contribution in [-0.4, -0.2) is 37.4 Å². The largest absolute Gasteiger partial charge is 0.490 e. The van der Waals surface area contributed by atoms with Crippen molar-refractivity contribution in [2.75, 3.05) is 13.7 Å². The van der Waals surface area contributed by atoms with Crippen molar-refractivity contribution < 1.29 is 23.9 Å². The quantitative estimate of drug-likeness (QED) is 0.473. The average Bonchev–Trinajstić information content (AvgIpc) is 2.63. The zero-order valence-electron chi connectivity index (χ0n) is 15.0. The molecule has 0 fully saturated rings. The van der Waals surface area contributed by atoms with E-state index in [1.54, 1.807) is 0 Å². The summed E-state index contributed by atoms with van der Waals surface area (Å²) in [5.41, 5.74) is 0.857. The SMILES string of the molecule is COC(=O)[C@@H]1Cc2ccc(cc2)OC/C=C\CCCCC(=O)CC(=O)N1. The summed E-state index contributed by atoms with van der Waals surface area (Å²) in [4.78, 5) is 36.0. The van der Waals surface area contributed by atoms with Gasteiger partial charge in [0.05, 0.1) is 13.5 Å². The van der Waals surface area contributed by atoms with Gasteiger partial charge in [0.2, 0.25) is 5.91 Å². The number of nitrogens with one attached hydrogen (secondary N) is 1. The number of fused-ring (bicyclic) bond motifs is 14. The molecular weight excluding hydrogens is 334 g/mol. The second kappa shape index (κ2) is 10.4. The fourth-order valence-electron chi connectivity index (χ4n) is 2.72. The number of hydrogen-bond donors (Lipinski definition) is 1. The molecule has 2 aliphatic rings. The molecule has 0 saturated carbocycles. The van der Waals surface area contributed by atoms with Crippen LogP contribution in [0, 0.1) is 0 Å².